The lowest BCUT2D eigenvalue weighted by molar-refractivity contribution is 0.268. The second-order valence-electron chi connectivity index (χ2n) is 6.89. The zero-order chi connectivity index (χ0) is 16.7. The standard InChI is InChI=1S/C22H29N/c1-5-19(12-13-23-4)6-7-20-8-10-21(11-9-20)22-15-17(2)14-18(3)16-22/h5-13,17-18,22H,1,14-16H2,2-4H3/b7-6+,19-12+,23-13+. The van der Waals surface area contributed by atoms with Gasteiger partial charge in [0.1, 0.15) is 0 Å². The van der Waals surface area contributed by atoms with Gasteiger partial charge in [-0.05, 0) is 59.8 Å². The predicted octanol–water partition coefficient (Wildman–Crippen LogP) is 6.05. The lowest BCUT2D eigenvalue weighted by Crippen LogP contribution is -2.18. The van der Waals surface area contributed by atoms with E-state index in [1.165, 1.54) is 30.4 Å². The Kier molecular flexibility index (Phi) is 6.58. The van der Waals surface area contributed by atoms with Crippen LogP contribution >= 0.6 is 0 Å². The van der Waals surface area contributed by atoms with Gasteiger partial charge >= 0.3 is 0 Å². The molecule has 2 atom stereocenters. The highest BCUT2D eigenvalue weighted by Crippen LogP contribution is 2.39. The highest BCUT2D eigenvalue weighted by molar-refractivity contribution is 5.74. The van der Waals surface area contributed by atoms with Crippen molar-refractivity contribution in [1.29, 1.82) is 0 Å². The van der Waals surface area contributed by atoms with Crippen LogP contribution in [0.15, 0.2) is 59.6 Å². The Bertz CT molecular complexity index is 579. The summed E-state index contributed by atoms with van der Waals surface area (Å²) in [6.45, 7) is 8.62. The van der Waals surface area contributed by atoms with Gasteiger partial charge in [-0.1, -0.05) is 62.9 Å². The van der Waals surface area contributed by atoms with Crippen molar-refractivity contribution >= 4 is 12.3 Å². The SMILES string of the molecule is C=CC(/C=C/c1ccc(C2CC(C)CC(C)C2)cc1)=C\C=N\C. The smallest absolute Gasteiger partial charge is 0.0277 e. The molecule has 0 spiro atoms. The van der Waals surface area contributed by atoms with Gasteiger partial charge in [0.2, 0.25) is 0 Å². The first-order chi connectivity index (χ1) is 11.1. The molecule has 0 aromatic heterocycles. The highest BCUT2D eigenvalue weighted by Gasteiger charge is 2.24. The molecule has 122 valence electrons. The number of allylic oxidation sites excluding steroid dienone is 4. The van der Waals surface area contributed by atoms with Crippen LogP contribution in [0, 0.1) is 11.8 Å². The van der Waals surface area contributed by atoms with Gasteiger partial charge in [-0.15, -0.1) is 0 Å². The Morgan fingerprint density at radius 1 is 1.09 bits per heavy atom. The summed E-state index contributed by atoms with van der Waals surface area (Å²) in [6.07, 6.45) is 13.9. The third-order valence-electron chi connectivity index (χ3n) is 4.71. The van der Waals surface area contributed by atoms with E-state index in [1.54, 1.807) is 13.3 Å². The largest absolute Gasteiger partial charge is 0.296 e. The minimum absolute atomic E-state index is 0.733. The third kappa shape index (κ3) is 5.35. The summed E-state index contributed by atoms with van der Waals surface area (Å²) in [4.78, 5) is 3.97. The van der Waals surface area contributed by atoms with Crippen LogP contribution in [0.3, 0.4) is 0 Å². The average Bonchev–Trinajstić information content (AvgIpc) is 2.54. The Hall–Kier alpha value is -1.89. The molecule has 23 heavy (non-hydrogen) atoms. The molecule has 0 bridgehead atoms. The quantitative estimate of drug-likeness (QED) is 0.463. The van der Waals surface area contributed by atoms with Crippen LogP contribution in [0.5, 0.6) is 0 Å². The molecule has 1 aromatic rings. The van der Waals surface area contributed by atoms with Crippen molar-refractivity contribution in [3.63, 3.8) is 0 Å². The van der Waals surface area contributed by atoms with E-state index in [9.17, 15) is 0 Å². The fraction of sp³-hybridized carbons (Fsp3) is 0.409. The lowest BCUT2D eigenvalue weighted by Gasteiger charge is -2.31. The zero-order valence-corrected chi connectivity index (χ0v) is 14.7. The van der Waals surface area contributed by atoms with Crippen molar-refractivity contribution in [3.8, 4) is 0 Å². The number of nitrogens with zero attached hydrogens (tertiary/aromatic N) is 1. The Morgan fingerprint density at radius 3 is 2.30 bits per heavy atom. The summed E-state index contributed by atoms with van der Waals surface area (Å²) in [6, 6.07) is 9.06. The van der Waals surface area contributed by atoms with Gasteiger partial charge in [0.05, 0.1) is 0 Å². The summed E-state index contributed by atoms with van der Waals surface area (Å²) < 4.78 is 0. The normalized spacial score (nSPS) is 26.0. The first-order valence-electron chi connectivity index (χ1n) is 8.65. The van der Waals surface area contributed by atoms with E-state index in [4.69, 9.17) is 0 Å². The van der Waals surface area contributed by atoms with E-state index < -0.39 is 0 Å². The molecule has 1 aliphatic rings. The topological polar surface area (TPSA) is 12.4 Å². The van der Waals surface area contributed by atoms with E-state index in [0.29, 0.717) is 0 Å². The molecule has 1 nitrogen and oxygen atoms in total. The molecule has 2 unspecified atom stereocenters. The minimum Gasteiger partial charge on any atom is -0.296 e. The highest BCUT2D eigenvalue weighted by atomic mass is 14.6. The summed E-state index contributed by atoms with van der Waals surface area (Å²) in [7, 11) is 1.77. The van der Waals surface area contributed by atoms with Crippen LogP contribution in [0.4, 0.5) is 0 Å². The molecule has 0 radical (unpaired) electrons. The molecular formula is C22H29N. The first-order valence-corrected chi connectivity index (χ1v) is 8.65. The summed E-state index contributed by atoms with van der Waals surface area (Å²) >= 11 is 0. The Balaban J connectivity index is 2.06. The molecule has 0 N–H and O–H groups in total. The number of aliphatic imine (C=N–C) groups is 1. The molecule has 1 aromatic carbocycles. The van der Waals surface area contributed by atoms with Gasteiger partial charge in [-0.25, -0.2) is 0 Å². The van der Waals surface area contributed by atoms with Crippen molar-refractivity contribution in [2.45, 2.75) is 39.0 Å². The molecule has 0 aliphatic heterocycles. The maximum atomic E-state index is 3.97. The summed E-state index contributed by atoms with van der Waals surface area (Å²) in [5.74, 6) is 2.43. The van der Waals surface area contributed by atoms with Crippen LogP contribution in [0.1, 0.15) is 50.2 Å². The Labute approximate surface area is 141 Å². The van der Waals surface area contributed by atoms with Crippen LogP contribution < -0.4 is 0 Å². The molecule has 2 rings (SSSR count). The molecule has 0 saturated heterocycles. The molecule has 1 fully saturated rings. The first kappa shape index (κ1) is 17.5. The van der Waals surface area contributed by atoms with Crippen LogP contribution in [-0.4, -0.2) is 13.3 Å². The van der Waals surface area contributed by atoms with Crippen LogP contribution in [0.2, 0.25) is 0 Å². The maximum absolute atomic E-state index is 3.97. The third-order valence-corrected chi connectivity index (χ3v) is 4.71. The van der Waals surface area contributed by atoms with Gasteiger partial charge < -0.3 is 0 Å². The van der Waals surface area contributed by atoms with E-state index >= 15 is 0 Å². The number of rotatable bonds is 5. The molecule has 0 amide bonds. The van der Waals surface area contributed by atoms with Gasteiger partial charge in [-0.2, -0.15) is 0 Å². The predicted molar refractivity (Wildman–Crippen MR) is 103 cm³/mol. The molecule has 0 heterocycles. The van der Waals surface area contributed by atoms with Crippen molar-refractivity contribution in [2.24, 2.45) is 16.8 Å². The molecular weight excluding hydrogens is 278 g/mol. The van der Waals surface area contributed by atoms with E-state index in [1.807, 2.05) is 12.2 Å². The van der Waals surface area contributed by atoms with Gasteiger partial charge in [0.15, 0.2) is 0 Å². The van der Waals surface area contributed by atoms with Crippen LogP contribution in [0.25, 0.3) is 6.08 Å². The average molecular weight is 307 g/mol. The fourth-order valence-corrected chi connectivity index (χ4v) is 3.64. The second-order valence-corrected chi connectivity index (χ2v) is 6.89. The van der Waals surface area contributed by atoms with Crippen LogP contribution in [-0.2, 0) is 0 Å². The van der Waals surface area contributed by atoms with Crippen molar-refractivity contribution in [1.82, 2.24) is 0 Å². The van der Waals surface area contributed by atoms with Gasteiger partial charge in [0, 0.05) is 13.3 Å². The van der Waals surface area contributed by atoms with Gasteiger partial charge in [-0.3, -0.25) is 4.99 Å². The van der Waals surface area contributed by atoms with Crippen molar-refractivity contribution < 1.29 is 0 Å². The monoisotopic (exact) mass is 307 g/mol. The fourth-order valence-electron chi connectivity index (χ4n) is 3.64. The summed E-state index contributed by atoms with van der Waals surface area (Å²) in [5.41, 5.74) is 3.79. The van der Waals surface area contributed by atoms with Gasteiger partial charge in [0.25, 0.3) is 0 Å². The zero-order valence-electron chi connectivity index (χ0n) is 14.7. The van der Waals surface area contributed by atoms with E-state index in [0.717, 1.165) is 23.3 Å². The van der Waals surface area contributed by atoms with E-state index in [-0.39, 0.29) is 0 Å². The Morgan fingerprint density at radius 2 is 1.74 bits per heavy atom. The number of hydrogen-bond acceptors (Lipinski definition) is 1. The second kappa shape index (κ2) is 8.67. The summed E-state index contributed by atoms with van der Waals surface area (Å²) in [5, 5.41) is 0. The number of hydrogen-bond donors (Lipinski definition) is 0. The lowest BCUT2D eigenvalue weighted by atomic mass is 9.74. The van der Waals surface area contributed by atoms with E-state index in [2.05, 4.69) is 61.8 Å². The molecule has 1 aliphatic carbocycles. The molecule has 1 saturated carbocycles. The minimum atomic E-state index is 0.733. The molecule has 1 heteroatoms. The number of benzene rings is 1. The van der Waals surface area contributed by atoms with Crippen molar-refractivity contribution in [2.75, 3.05) is 7.05 Å². The maximum Gasteiger partial charge on any atom is 0.0277 e. The van der Waals surface area contributed by atoms with Crippen molar-refractivity contribution in [3.05, 3.63) is 65.8 Å².